The van der Waals surface area contributed by atoms with E-state index in [2.05, 4.69) is 15.0 Å². The summed E-state index contributed by atoms with van der Waals surface area (Å²) in [6.45, 7) is 4.44. The molecule has 0 bridgehead atoms. The minimum atomic E-state index is -0.399. The van der Waals surface area contributed by atoms with Crippen molar-refractivity contribution in [1.82, 2.24) is 19.5 Å². The van der Waals surface area contributed by atoms with Crippen molar-refractivity contribution in [3.63, 3.8) is 0 Å². The Labute approximate surface area is 126 Å². The van der Waals surface area contributed by atoms with Crippen molar-refractivity contribution in [2.24, 2.45) is 5.92 Å². The molecule has 120 valence electrons. The maximum atomic E-state index is 11.6. The number of H-pyrrole nitrogens is 1. The Morgan fingerprint density at radius 3 is 2.95 bits per heavy atom. The predicted octanol–water partition coefficient (Wildman–Crippen LogP) is 0.265. The third-order valence-corrected chi connectivity index (χ3v) is 2.79. The Hall–Kier alpha value is -2.42. The number of aromatic amines is 1. The van der Waals surface area contributed by atoms with E-state index in [1.165, 1.54) is 6.33 Å². The van der Waals surface area contributed by atoms with E-state index in [9.17, 15) is 9.59 Å². The van der Waals surface area contributed by atoms with Crippen LogP contribution in [0.2, 0.25) is 0 Å². The van der Waals surface area contributed by atoms with Crippen molar-refractivity contribution < 1.29 is 14.3 Å². The van der Waals surface area contributed by atoms with E-state index >= 15 is 0 Å². The van der Waals surface area contributed by atoms with Gasteiger partial charge in [0.1, 0.15) is 13.3 Å². The molecule has 0 amide bonds. The fourth-order valence-corrected chi connectivity index (χ4v) is 1.83. The van der Waals surface area contributed by atoms with E-state index in [1.54, 1.807) is 4.57 Å². The lowest BCUT2D eigenvalue weighted by Gasteiger charge is -2.08. The molecule has 9 nitrogen and oxygen atoms in total. The van der Waals surface area contributed by atoms with Crippen molar-refractivity contribution in [3.05, 3.63) is 16.7 Å². The van der Waals surface area contributed by atoms with Crippen molar-refractivity contribution in [3.8, 4) is 0 Å². The zero-order chi connectivity index (χ0) is 16.1. The van der Waals surface area contributed by atoms with Crippen LogP contribution in [0.25, 0.3) is 11.2 Å². The zero-order valence-corrected chi connectivity index (χ0v) is 12.5. The van der Waals surface area contributed by atoms with E-state index in [1.807, 2.05) is 13.8 Å². The number of aromatic nitrogens is 4. The highest BCUT2D eigenvalue weighted by Crippen LogP contribution is 2.06. The van der Waals surface area contributed by atoms with Crippen LogP contribution >= 0.6 is 0 Å². The van der Waals surface area contributed by atoms with Crippen LogP contribution in [0.1, 0.15) is 20.3 Å². The standard InChI is InChI=1S/C13H19N5O4/c1-8(2)5-9(19)22-4-3-21-7-18-6-15-10-11(18)16-13(14)17-12(10)20/h6,8H,3-5,7H2,1-2H3,(H3,14,16,17,20). The molecule has 0 aliphatic rings. The second-order valence-corrected chi connectivity index (χ2v) is 5.19. The molecular weight excluding hydrogens is 290 g/mol. The van der Waals surface area contributed by atoms with E-state index in [0.717, 1.165) is 0 Å². The highest BCUT2D eigenvalue weighted by atomic mass is 16.6. The molecule has 0 saturated carbocycles. The van der Waals surface area contributed by atoms with Gasteiger partial charge in [-0.3, -0.25) is 19.1 Å². The van der Waals surface area contributed by atoms with Gasteiger partial charge in [0.05, 0.1) is 12.9 Å². The number of fused-ring (bicyclic) bond motifs is 1. The second kappa shape index (κ2) is 7.03. The fourth-order valence-electron chi connectivity index (χ4n) is 1.83. The molecule has 0 atom stereocenters. The second-order valence-electron chi connectivity index (χ2n) is 5.19. The smallest absolute Gasteiger partial charge is 0.306 e. The summed E-state index contributed by atoms with van der Waals surface area (Å²) in [5.74, 6) is 0.0369. The van der Waals surface area contributed by atoms with Gasteiger partial charge in [0, 0.05) is 6.42 Å². The van der Waals surface area contributed by atoms with Gasteiger partial charge in [0.25, 0.3) is 5.56 Å². The van der Waals surface area contributed by atoms with Gasteiger partial charge in [-0.1, -0.05) is 13.8 Å². The van der Waals surface area contributed by atoms with Crippen LogP contribution in [0.5, 0.6) is 0 Å². The molecular formula is C13H19N5O4. The van der Waals surface area contributed by atoms with Crippen molar-refractivity contribution in [2.75, 3.05) is 18.9 Å². The molecule has 22 heavy (non-hydrogen) atoms. The van der Waals surface area contributed by atoms with E-state index < -0.39 is 5.56 Å². The van der Waals surface area contributed by atoms with Crippen molar-refractivity contribution >= 4 is 23.1 Å². The van der Waals surface area contributed by atoms with E-state index in [0.29, 0.717) is 12.1 Å². The van der Waals surface area contributed by atoms with Gasteiger partial charge in [-0.15, -0.1) is 0 Å². The summed E-state index contributed by atoms with van der Waals surface area (Å²) in [7, 11) is 0. The van der Waals surface area contributed by atoms with Crippen LogP contribution in [-0.2, 0) is 21.0 Å². The predicted molar refractivity (Wildman–Crippen MR) is 78.9 cm³/mol. The SMILES string of the molecule is CC(C)CC(=O)OCCOCn1cnc2c(=O)[nH]c(N)nc21. The number of ether oxygens (including phenoxy) is 2. The Balaban J connectivity index is 1.83. The van der Waals surface area contributed by atoms with Crippen LogP contribution in [0.15, 0.2) is 11.1 Å². The minimum absolute atomic E-state index is 0.0156. The average Bonchev–Trinajstić information content (AvgIpc) is 2.81. The van der Waals surface area contributed by atoms with Crippen LogP contribution in [0, 0.1) is 5.92 Å². The van der Waals surface area contributed by atoms with Gasteiger partial charge in [-0.05, 0) is 5.92 Å². The molecule has 0 aliphatic heterocycles. The van der Waals surface area contributed by atoms with Crippen molar-refractivity contribution in [2.45, 2.75) is 27.0 Å². The molecule has 2 aromatic heterocycles. The third kappa shape index (κ3) is 4.04. The molecule has 0 fully saturated rings. The number of nitrogens with one attached hydrogen (secondary N) is 1. The van der Waals surface area contributed by atoms with Gasteiger partial charge >= 0.3 is 5.97 Å². The van der Waals surface area contributed by atoms with E-state index in [4.69, 9.17) is 15.2 Å². The zero-order valence-electron chi connectivity index (χ0n) is 12.5. The molecule has 0 aliphatic carbocycles. The first-order valence-electron chi connectivity index (χ1n) is 6.91. The van der Waals surface area contributed by atoms with Gasteiger partial charge in [0.15, 0.2) is 11.2 Å². The van der Waals surface area contributed by atoms with Crippen LogP contribution < -0.4 is 11.3 Å². The maximum Gasteiger partial charge on any atom is 0.306 e. The molecule has 0 radical (unpaired) electrons. The number of esters is 1. The van der Waals surface area contributed by atoms with Gasteiger partial charge < -0.3 is 15.2 Å². The Kier molecular flexibility index (Phi) is 5.10. The quantitative estimate of drug-likeness (QED) is 0.555. The monoisotopic (exact) mass is 309 g/mol. The lowest BCUT2D eigenvalue weighted by molar-refractivity contribution is -0.146. The summed E-state index contributed by atoms with van der Waals surface area (Å²) in [5.41, 5.74) is 5.64. The summed E-state index contributed by atoms with van der Waals surface area (Å²) in [6, 6.07) is 0. The minimum Gasteiger partial charge on any atom is -0.463 e. The molecule has 0 unspecified atom stereocenters. The van der Waals surface area contributed by atoms with Crippen LogP contribution in [0.3, 0.4) is 0 Å². The highest BCUT2D eigenvalue weighted by Gasteiger charge is 2.09. The van der Waals surface area contributed by atoms with Crippen LogP contribution in [0.4, 0.5) is 5.95 Å². The number of carbonyl (C=O) groups is 1. The number of anilines is 1. The molecule has 2 heterocycles. The molecule has 2 rings (SSSR count). The number of hydrogen-bond acceptors (Lipinski definition) is 7. The summed E-state index contributed by atoms with van der Waals surface area (Å²) in [5, 5.41) is 0. The summed E-state index contributed by atoms with van der Waals surface area (Å²) >= 11 is 0. The fraction of sp³-hybridized carbons (Fsp3) is 0.538. The number of imidazole rings is 1. The first-order valence-corrected chi connectivity index (χ1v) is 6.91. The summed E-state index contributed by atoms with van der Waals surface area (Å²) in [4.78, 5) is 33.3. The Morgan fingerprint density at radius 2 is 2.23 bits per heavy atom. The van der Waals surface area contributed by atoms with E-state index in [-0.39, 0.29) is 43.3 Å². The lowest BCUT2D eigenvalue weighted by Crippen LogP contribution is -2.14. The molecule has 2 aromatic rings. The van der Waals surface area contributed by atoms with Crippen molar-refractivity contribution in [1.29, 1.82) is 0 Å². The molecule has 9 heteroatoms. The van der Waals surface area contributed by atoms with Gasteiger partial charge in [-0.2, -0.15) is 4.98 Å². The normalized spacial score (nSPS) is 11.2. The topological polar surface area (TPSA) is 125 Å². The largest absolute Gasteiger partial charge is 0.463 e. The highest BCUT2D eigenvalue weighted by molar-refractivity contribution is 5.70. The van der Waals surface area contributed by atoms with Gasteiger partial charge in [0.2, 0.25) is 5.95 Å². The number of nitrogens with two attached hydrogens (primary N) is 1. The first kappa shape index (κ1) is 16.0. The Morgan fingerprint density at radius 1 is 1.45 bits per heavy atom. The number of nitrogens with zero attached hydrogens (tertiary/aromatic N) is 3. The summed E-state index contributed by atoms with van der Waals surface area (Å²) in [6.07, 6.45) is 1.83. The third-order valence-electron chi connectivity index (χ3n) is 2.79. The summed E-state index contributed by atoms with van der Waals surface area (Å²) < 4.78 is 11.9. The number of rotatable bonds is 7. The molecule has 3 N–H and O–H groups in total. The molecule has 0 saturated heterocycles. The number of hydrogen-bond donors (Lipinski definition) is 2. The van der Waals surface area contributed by atoms with Gasteiger partial charge in [-0.25, -0.2) is 4.98 Å². The first-order chi connectivity index (χ1) is 10.5. The maximum absolute atomic E-state index is 11.6. The molecule has 0 aromatic carbocycles. The Bertz CT molecular complexity index is 706. The van der Waals surface area contributed by atoms with Crippen LogP contribution in [-0.4, -0.2) is 38.7 Å². The molecule has 0 spiro atoms. The average molecular weight is 309 g/mol. The number of nitrogen functional groups attached to an aromatic ring is 1. The lowest BCUT2D eigenvalue weighted by atomic mass is 10.1. The number of carbonyl (C=O) groups excluding carboxylic acids is 1.